The van der Waals surface area contributed by atoms with Crippen LogP contribution in [0.3, 0.4) is 0 Å². The average molecular weight is 117 g/mol. The molecule has 0 radical (unpaired) electrons. The van der Waals surface area contributed by atoms with E-state index in [0.29, 0.717) is 0 Å². The van der Waals surface area contributed by atoms with E-state index in [2.05, 4.69) is 0 Å². The van der Waals surface area contributed by atoms with Crippen LogP contribution in [0, 0.1) is 0 Å². The zero-order valence-corrected chi connectivity index (χ0v) is 4.78. The lowest BCUT2D eigenvalue weighted by atomic mass is 10.7. The molecule has 1 aliphatic rings. The normalized spacial score (nSPS) is 20.3. The number of rotatable bonds is 1. The third-order valence-electron chi connectivity index (χ3n) is 0.929. The minimum absolute atomic E-state index is 0.892. The topological polar surface area (TPSA) is 20.3 Å². The molecule has 0 bridgehead atoms. The van der Waals surface area contributed by atoms with Crippen molar-refractivity contribution in [1.29, 1.82) is 0 Å². The summed E-state index contributed by atoms with van der Waals surface area (Å²) in [6.07, 6.45) is 0.903. The summed E-state index contributed by atoms with van der Waals surface area (Å²) in [6.45, 7) is 0.939. The van der Waals surface area contributed by atoms with Gasteiger partial charge in [0.2, 0.25) is 6.41 Å². The highest BCUT2D eigenvalue weighted by atomic mass is 32.2. The van der Waals surface area contributed by atoms with Gasteiger partial charge in [-0.1, -0.05) is 0 Å². The molecule has 40 valence electrons. The molecule has 0 N–H and O–H groups in total. The van der Waals surface area contributed by atoms with E-state index < -0.39 is 0 Å². The van der Waals surface area contributed by atoms with Gasteiger partial charge in [-0.2, -0.15) is 0 Å². The van der Waals surface area contributed by atoms with Gasteiger partial charge in [0.05, 0.1) is 5.88 Å². The lowest BCUT2D eigenvalue weighted by molar-refractivity contribution is -0.116. The maximum atomic E-state index is 9.92. The molecule has 0 saturated carbocycles. The van der Waals surface area contributed by atoms with Gasteiger partial charge in [-0.15, -0.1) is 11.8 Å². The minimum atomic E-state index is 0.892. The molecule has 0 unspecified atom stereocenters. The standard InChI is InChI=1S/C4H7NOS/c6-3-5-1-2-7-4-5/h3H,1-2,4H2. The summed E-state index contributed by atoms with van der Waals surface area (Å²) in [7, 11) is 0. The number of hydrogen-bond acceptors (Lipinski definition) is 2. The lowest BCUT2D eigenvalue weighted by Crippen LogP contribution is -2.15. The number of amides is 1. The summed E-state index contributed by atoms with van der Waals surface area (Å²) >= 11 is 1.80. The predicted octanol–water partition coefficient (Wildman–Crippen LogP) is 0.149. The molecule has 2 nitrogen and oxygen atoms in total. The quantitative estimate of drug-likeness (QED) is 0.456. The van der Waals surface area contributed by atoms with Gasteiger partial charge in [0.15, 0.2) is 0 Å². The predicted molar refractivity (Wildman–Crippen MR) is 30.1 cm³/mol. The number of carbonyl (C=O) groups is 1. The SMILES string of the molecule is O=CN1CCSC1. The van der Waals surface area contributed by atoms with E-state index in [-0.39, 0.29) is 0 Å². The zero-order chi connectivity index (χ0) is 5.11. The number of nitrogens with zero attached hydrogens (tertiary/aromatic N) is 1. The first-order chi connectivity index (χ1) is 3.43. The summed E-state index contributed by atoms with van der Waals surface area (Å²) < 4.78 is 0. The van der Waals surface area contributed by atoms with E-state index in [1.54, 1.807) is 16.7 Å². The molecule has 0 aromatic rings. The van der Waals surface area contributed by atoms with Gasteiger partial charge in [-0.3, -0.25) is 4.79 Å². The molecule has 0 aromatic heterocycles. The van der Waals surface area contributed by atoms with Crippen LogP contribution in [0.5, 0.6) is 0 Å². The van der Waals surface area contributed by atoms with Crippen LogP contribution in [-0.2, 0) is 4.79 Å². The van der Waals surface area contributed by atoms with Crippen molar-refractivity contribution >= 4 is 18.2 Å². The van der Waals surface area contributed by atoms with Crippen LogP contribution < -0.4 is 0 Å². The van der Waals surface area contributed by atoms with Crippen molar-refractivity contribution in [2.45, 2.75) is 0 Å². The fourth-order valence-electron chi connectivity index (χ4n) is 0.511. The van der Waals surface area contributed by atoms with E-state index in [4.69, 9.17) is 0 Å². The third-order valence-corrected chi connectivity index (χ3v) is 1.91. The van der Waals surface area contributed by atoms with Crippen LogP contribution in [0.1, 0.15) is 0 Å². The molecule has 1 heterocycles. The number of thioether (sulfide) groups is 1. The Morgan fingerprint density at radius 3 is 2.86 bits per heavy atom. The van der Waals surface area contributed by atoms with Gasteiger partial charge < -0.3 is 4.90 Å². The molecule has 0 atom stereocenters. The Kier molecular flexibility index (Phi) is 1.57. The van der Waals surface area contributed by atoms with E-state index in [0.717, 1.165) is 24.6 Å². The van der Waals surface area contributed by atoms with E-state index in [1.807, 2.05) is 0 Å². The highest BCUT2D eigenvalue weighted by Gasteiger charge is 2.06. The van der Waals surface area contributed by atoms with Crippen molar-refractivity contribution in [3.8, 4) is 0 Å². The molecule has 3 heteroatoms. The second-order valence-corrected chi connectivity index (χ2v) is 2.53. The largest absolute Gasteiger partial charge is 0.335 e. The molecule has 0 aliphatic carbocycles. The van der Waals surface area contributed by atoms with Crippen molar-refractivity contribution in [1.82, 2.24) is 4.90 Å². The van der Waals surface area contributed by atoms with Crippen molar-refractivity contribution in [2.75, 3.05) is 18.2 Å². The summed E-state index contributed by atoms with van der Waals surface area (Å²) in [5, 5.41) is 0. The Labute approximate surface area is 46.9 Å². The first-order valence-corrected chi connectivity index (χ1v) is 3.36. The number of carbonyl (C=O) groups excluding carboxylic acids is 1. The molecule has 1 fully saturated rings. The zero-order valence-electron chi connectivity index (χ0n) is 3.96. The van der Waals surface area contributed by atoms with Gasteiger partial charge in [-0.25, -0.2) is 0 Å². The van der Waals surface area contributed by atoms with Gasteiger partial charge >= 0.3 is 0 Å². The summed E-state index contributed by atoms with van der Waals surface area (Å²) in [4.78, 5) is 11.7. The van der Waals surface area contributed by atoms with Gasteiger partial charge in [0.1, 0.15) is 0 Å². The maximum absolute atomic E-state index is 9.92. The molecule has 1 amide bonds. The van der Waals surface area contributed by atoms with E-state index >= 15 is 0 Å². The van der Waals surface area contributed by atoms with Crippen molar-refractivity contribution in [3.05, 3.63) is 0 Å². The van der Waals surface area contributed by atoms with Crippen LogP contribution in [0.25, 0.3) is 0 Å². The maximum Gasteiger partial charge on any atom is 0.210 e. The Morgan fingerprint density at radius 1 is 1.71 bits per heavy atom. The average Bonchev–Trinajstić information content (AvgIpc) is 2.14. The van der Waals surface area contributed by atoms with Gasteiger partial charge in [-0.05, 0) is 0 Å². The first-order valence-electron chi connectivity index (χ1n) is 2.20. The number of hydrogen-bond donors (Lipinski definition) is 0. The van der Waals surface area contributed by atoms with Crippen molar-refractivity contribution in [3.63, 3.8) is 0 Å². The molecule has 1 rings (SSSR count). The second kappa shape index (κ2) is 2.21. The minimum Gasteiger partial charge on any atom is -0.335 e. The van der Waals surface area contributed by atoms with E-state index in [1.165, 1.54) is 0 Å². The smallest absolute Gasteiger partial charge is 0.210 e. The Morgan fingerprint density at radius 2 is 2.57 bits per heavy atom. The van der Waals surface area contributed by atoms with Crippen LogP contribution in [0.2, 0.25) is 0 Å². The molecular formula is C4H7NOS. The molecular weight excluding hydrogens is 110 g/mol. The molecule has 0 aromatic carbocycles. The Hall–Kier alpha value is -0.180. The third kappa shape index (κ3) is 1.09. The van der Waals surface area contributed by atoms with Crippen molar-refractivity contribution < 1.29 is 4.79 Å². The Balaban J connectivity index is 2.26. The van der Waals surface area contributed by atoms with Crippen LogP contribution in [-0.4, -0.2) is 29.5 Å². The molecule has 7 heavy (non-hydrogen) atoms. The first kappa shape index (κ1) is 4.97. The second-order valence-electron chi connectivity index (χ2n) is 1.46. The van der Waals surface area contributed by atoms with Crippen LogP contribution in [0.4, 0.5) is 0 Å². The molecule has 1 aliphatic heterocycles. The lowest BCUT2D eigenvalue weighted by Gasteiger charge is -2.01. The van der Waals surface area contributed by atoms with Gasteiger partial charge in [0.25, 0.3) is 0 Å². The van der Waals surface area contributed by atoms with Gasteiger partial charge in [0, 0.05) is 12.3 Å². The Bertz CT molecular complexity index is 70.1. The highest BCUT2D eigenvalue weighted by molar-refractivity contribution is 7.99. The fraction of sp³-hybridized carbons (Fsp3) is 0.750. The summed E-state index contributed by atoms with van der Waals surface area (Å²) in [5.74, 6) is 2.00. The monoisotopic (exact) mass is 117 g/mol. The van der Waals surface area contributed by atoms with Crippen LogP contribution >= 0.6 is 11.8 Å². The molecule has 0 spiro atoms. The van der Waals surface area contributed by atoms with Crippen LogP contribution in [0.15, 0.2) is 0 Å². The molecule has 1 saturated heterocycles. The van der Waals surface area contributed by atoms with Crippen molar-refractivity contribution in [2.24, 2.45) is 0 Å². The highest BCUT2D eigenvalue weighted by Crippen LogP contribution is 2.09. The summed E-state index contributed by atoms with van der Waals surface area (Å²) in [6, 6.07) is 0. The fourth-order valence-corrected chi connectivity index (χ4v) is 1.43. The summed E-state index contributed by atoms with van der Waals surface area (Å²) in [5.41, 5.74) is 0. The van der Waals surface area contributed by atoms with E-state index in [9.17, 15) is 4.79 Å².